The van der Waals surface area contributed by atoms with Gasteiger partial charge in [-0.1, -0.05) is 38.0 Å². The Bertz CT molecular complexity index is 973. The molecular formula is C30H48O9. The molecule has 0 bridgehead atoms. The molecule has 4 N–H and O–H groups in total. The lowest BCUT2D eigenvalue weighted by Gasteiger charge is -2.50. The van der Waals surface area contributed by atoms with E-state index in [1.807, 2.05) is 13.8 Å². The van der Waals surface area contributed by atoms with Crippen molar-refractivity contribution in [2.75, 3.05) is 20.3 Å². The van der Waals surface area contributed by atoms with Gasteiger partial charge >= 0.3 is 0 Å². The first-order chi connectivity index (χ1) is 18.3. The average molecular weight is 553 g/mol. The van der Waals surface area contributed by atoms with Gasteiger partial charge in [0.15, 0.2) is 12.1 Å². The van der Waals surface area contributed by atoms with Crippen LogP contribution in [0.5, 0.6) is 0 Å². The second-order valence-electron chi connectivity index (χ2n) is 13.3. The van der Waals surface area contributed by atoms with E-state index in [-0.39, 0.29) is 30.3 Å². The van der Waals surface area contributed by atoms with Crippen molar-refractivity contribution >= 4 is 0 Å². The quantitative estimate of drug-likeness (QED) is 0.380. The van der Waals surface area contributed by atoms with Crippen LogP contribution in [-0.2, 0) is 23.7 Å². The van der Waals surface area contributed by atoms with Gasteiger partial charge in [-0.3, -0.25) is 0 Å². The summed E-state index contributed by atoms with van der Waals surface area (Å²) in [7, 11) is 1.71. The van der Waals surface area contributed by atoms with Crippen LogP contribution in [0.25, 0.3) is 0 Å². The molecule has 12 atom stereocenters. The molecule has 9 nitrogen and oxygen atoms in total. The number of rotatable bonds is 5. The fraction of sp³-hybridized carbons (Fsp3) is 0.867. The van der Waals surface area contributed by atoms with Crippen LogP contribution in [0.15, 0.2) is 22.8 Å². The molecule has 5 rings (SSSR count). The molecule has 0 aromatic carbocycles. The maximum atomic E-state index is 12.0. The lowest BCUT2D eigenvalue weighted by Crippen LogP contribution is -2.65. The van der Waals surface area contributed by atoms with Crippen molar-refractivity contribution in [3.8, 4) is 0 Å². The summed E-state index contributed by atoms with van der Waals surface area (Å²) in [6.07, 6.45) is -3.11. The van der Waals surface area contributed by atoms with Gasteiger partial charge < -0.3 is 44.1 Å². The van der Waals surface area contributed by atoms with Gasteiger partial charge in [0.05, 0.1) is 25.4 Å². The largest absolute Gasteiger partial charge is 0.392 e. The van der Waals surface area contributed by atoms with E-state index >= 15 is 0 Å². The third-order valence-corrected chi connectivity index (χ3v) is 9.99. The number of aliphatic hydroxyl groups is 4. The molecule has 2 saturated heterocycles. The summed E-state index contributed by atoms with van der Waals surface area (Å²) in [6.45, 7) is 12.5. The molecule has 5 aliphatic rings. The van der Waals surface area contributed by atoms with Gasteiger partial charge in [0.2, 0.25) is 0 Å². The highest BCUT2D eigenvalue weighted by atomic mass is 16.8. The SMILES string of the molecule is COC[C@H]1CC[C@@H]2C1=C[C@]1(C)C(=C(C(C)C)C[C@@H]1O)[C@@H](O[C@H]1O[C@@H]3COC(C)(C)O[C@H]3[C@H](O)[C@H]1O)[C@H](O)[C@@H]2C. The zero-order chi connectivity index (χ0) is 28.4. The Hall–Kier alpha value is -0.880. The van der Waals surface area contributed by atoms with Crippen molar-refractivity contribution in [2.24, 2.45) is 29.1 Å². The van der Waals surface area contributed by atoms with Crippen molar-refractivity contribution < 1.29 is 44.1 Å². The fourth-order valence-corrected chi connectivity index (χ4v) is 7.72. The third-order valence-electron chi connectivity index (χ3n) is 9.99. The van der Waals surface area contributed by atoms with Crippen molar-refractivity contribution in [3.05, 3.63) is 22.8 Å². The molecule has 0 radical (unpaired) electrons. The highest BCUT2D eigenvalue weighted by Gasteiger charge is 2.56. The molecule has 3 aliphatic carbocycles. The second kappa shape index (κ2) is 10.7. The maximum Gasteiger partial charge on any atom is 0.187 e. The van der Waals surface area contributed by atoms with Crippen LogP contribution in [-0.4, -0.2) is 95.6 Å². The molecule has 0 amide bonds. The van der Waals surface area contributed by atoms with Crippen LogP contribution in [0.2, 0.25) is 0 Å². The van der Waals surface area contributed by atoms with Crippen molar-refractivity contribution in [1.82, 2.24) is 0 Å². The molecule has 9 heteroatoms. The Morgan fingerprint density at radius 2 is 1.77 bits per heavy atom. The molecule has 222 valence electrons. The first-order valence-corrected chi connectivity index (χ1v) is 14.6. The number of methoxy groups -OCH3 is 1. The van der Waals surface area contributed by atoms with E-state index in [4.69, 9.17) is 23.7 Å². The number of aliphatic hydroxyl groups excluding tert-OH is 4. The zero-order valence-corrected chi connectivity index (χ0v) is 24.4. The van der Waals surface area contributed by atoms with Crippen LogP contribution in [0, 0.1) is 29.1 Å². The van der Waals surface area contributed by atoms with Crippen LogP contribution in [0.3, 0.4) is 0 Å². The van der Waals surface area contributed by atoms with Gasteiger partial charge in [0.1, 0.15) is 30.5 Å². The molecule has 2 heterocycles. The fourth-order valence-electron chi connectivity index (χ4n) is 7.72. The summed E-state index contributed by atoms with van der Waals surface area (Å²) in [5.41, 5.74) is 2.38. The minimum atomic E-state index is -1.39. The zero-order valence-electron chi connectivity index (χ0n) is 24.4. The number of ether oxygens (including phenoxy) is 5. The van der Waals surface area contributed by atoms with Crippen LogP contribution < -0.4 is 0 Å². The van der Waals surface area contributed by atoms with Crippen LogP contribution in [0.4, 0.5) is 0 Å². The Morgan fingerprint density at radius 3 is 2.44 bits per heavy atom. The second-order valence-corrected chi connectivity index (χ2v) is 13.3. The van der Waals surface area contributed by atoms with E-state index < -0.39 is 60.2 Å². The molecule has 1 saturated carbocycles. The van der Waals surface area contributed by atoms with E-state index in [1.54, 1.807) is 21.0 Å². The molecule has 2 aliphatic heterocycles. The summed E-state index contributed by atoms with van der Waals surface area (Å²) < 4.78 is 29.9. The predicted octanol–water partition coefficient (Wildman–Crippen LogP) is 2.30. The normalized spacial score (nSPS) is 47.8. The van der Waals surface area contributed by atoms with Gasteiger partial charge in [0, 0.05) is 18.4 Å². The first kappa shape index (κ1) is 29.6. The first-order valence-electron chi connectivity index (χ1n) is 14.6. The van der Waals surface area contributed by atoms with Crippen LogP contribution >= 0.6 is 0 Å². The molecule has 3 fully saturated rings. The van der Waals surface area contributed by atoms with Gasteiger partial charge in [0.25, 0.3) is 0 Å². The Morgan fingerprint density at radius 1 is 1.05 bits per heavy atom. The predicted molar refractivity (Wildman–Crippen MR) is 142 cm³/mol. The molecule has 0 unspecified atom stereocenters. The Balaban J connectivity index is 1.54. The molecule has 39 heavy (non-hydrogen) atoms. The van der Waals surface area contributed by atoms with Gasteiger partial charge in [-0.25, -0.2) is 0 Å². The standard InChI is InChI=1S/C30H48O9/c1-14(2)18-10-21(31)30(6)11-19-16(12-35-7)8-9-17(19)15(3)23(32)27(22(18)30)38-28-25(34)24(33)26-20(37-28)13-36-29(4,5)39-26/h11,14-17,20-21,23-28,31-34H,8-10,12-13H2,1-7H3/t15-,16-,17+,20-,21+,23-,24-,25-,26-,27-,28-,30+/m1/s1. The summed E-state index contributed by atoms with van der Waals surface area (Å²) in [5, 5.41) is 45.7. The van der Waals surface area contributed by atoms with E-state index in [9.17, 15) is 20.4 Å². The average Bonchev–Trinajstić information content (AvgIpc) is 3.37. The molecule has 0 aromatic heterocycles. The van der Waals surface area contributed by atoms with Crippen molar-refractivity contribution in [2.45, 2.75) is 116 Å². The smallest absolute Gasteiger partial charge is 0.187 e. The molecule has 0 spiro atoms. The third kappa shape index (κ3) is 5.06. The lowest BCUT2D eigenvalue weighted by atomic mass is 9.68. The minimum Gasteiger partial charge on any atom is -0.392 e. The van der Waals surface area contributed by atoms with Gasteiger partial charge in [-0.05, 0) is 63.4 Å². The highest BCUT2D eigenvalue weighted by Crippen LogP contribution is 2.55. The molecular weight excluding hydrogens is 504 g/mol. The number of hydrogen-bond acceptors (Lipinski definition) is 9. The lowest BCUT2D eigenvalue weighted by molar-refractivity contribution is -0.387. The molecule has 0 aromatic rings. The monoisotopic (exact) mass is 552 g/mol. The van der Waals surface area contributed by atoms with E-state index in [1.165, 1.54) is 5.57 Å². The van der Waals surface area contributed by atoms with E-state index in [0.717, 1.165) is 24.0 Å². The van der Waals surface area contributed by atoms with Gasteiger partial charge in [-0.2, -0.15) is 0 Å². The van der Waals surface area contributed by atoms with Crippen LogP contribution in [0.1, 0.15) is 60.8 Å². The Labute approximate surface area is 232 Å². The van der Waals surface area contributed by atoms with Gasteiger partial charge in [-0.15, -0.1) is 0 Å². The van der Waals surface area contributed by atoms with E-state index in [2.05, 4.69) is 19.9 Å². The summed E-state index contributed by atoms with van der Waals surface area (Å²) in [4.78, 5) is 0. The summed E-state index contributed by atoms with van der Waals surface area (Å²) in [6, 6.07) is 0. The Kier molecular flexibility index (Phi) is 8.16. The number of hydrogen-bond donors (Lipinski definition) is 4. The van der Waals surface area contributed by atoms with E-state index in [0.29, 0.717) is 13.0 Å². The summed E-state index contributed by atoms with van der Waals surface area (Å²) in [5.74, 6) is -0.575. The summed E-state index contributed by atoms with van der Waals surface area (Å²) >= 11 is 0. The maximum absolute atomic E-state index is 12.0. The topological polar surface area (TPSA) is 127 Å². The van der Waals surface area contributed by atoms with Crippen molar-refractivity contribution in [3.63, 3.8) is 0 Å². The minimum absolute atomic E-state index is 0.117. The highest BCUT2D eigenvalue weighted by molar-refractivity contribution is 5.43. The van der Waals surface area contributed by atoms with Crippen molar-refractivity contribution in [1.29, 1.82) is 0 Å². The number of fused-ring (bicyclic) bond motifs is 3.